The summed E-state index contributed by atoms with van der Waals surface area (Å²) in [5, 5.41) is 11.8. The van der Waals surface area contributed by atoms with Gasteiger partial charge in [-0.1, -0.05) is 11.6 Å². The van der Waals surface area contributed by atoms with Crippen molar-refractivity contribution in [3.8, 4) is 11.8 Å². The molecule has 1 aliphatic heterocycles. The average molecular weight is 370 g/mol. The van der Waals surface area contributed by atoms with Crippen LogP contribution in [0.5, 0.6) is 5.75 Å². The fourth-order valence-electron chi connectivity index (χ4n) is 2.66. The Morgan fingerprint density at radius 2 is 2.04 bits per heavy atom. The van der Waals surface area contributed by atoms with Gasteiger partial charge in [0, 0.05) is 18.7 Å². The van der Waals surface area contributed by atoms with Crippen LogP contribution in [0.2, 0.25) is 5.02 Å². The van der Waals surface area contributed by atoms with Crippen LogP contribution in [0.1, 0.15) is 18.4 Å². The Hall–Kier alpha value is -3.04. The molecule has 0 atom stereocenters. The van der Waals surface area contributed by atoms with Crippen molar-refractivity contribution in [3.05, 3.63) is 53.1 Å². The zero-order chi connectivity index (χ0) is 18.5. The van der Waals surface area contributed by atoms with E-state index in [0.717, 1.165) is 6.42 Å². The maximum Gasteiger partial charge on any atom is 0.262 e. The first-order valence-electron chi connectivity index (χ1n) is 8.09. The summed E-state index contributed by atoms with van der Waals surface area (Å²) in [6.07, 6.45) is 1.35. The van der Waals surface area contributed by atoms with Crippen LogP contribution in [0.15, 0.2) is 42.5 Å². The zero-order valence-corrected chi connectivity index (χ0v) is 14.6. The number of benzene rings is 2. The highest BCUT2D eigenvalue weighted by molar-refractivity contribution is 6.33. The van der Waals surface area contributed by atoms with Gasteiger partial charge in [-0.15, -0.1) is 0 Å². The average Bonchev–Trinajstić information content (AvgIpc) is 3.08. The normalized spacial score (nSPS) is 13.4. The van der Waals surface area contributed by atoms with Crippen LogP contribution >= 0.6 is 11.6 Å². The molecule has 1 heterocycles. The van der Waals surface area contributed by atoms with Crippen molar-refractivity contribution < 1.29 is 14.3 Å². The predicted octanol–water partition coefficient (Wildman–Crippen LogP) is 3.36. The number of nitriles is 1. The van der Waals surface area contributed by atoms with E-state index in [2.05, 4.69) is 5.32 Å². The highest BCUT2D eigenvalue weighted by atomic mass is 35.5. The van der Waals surface area contributed by atoms with Crippen molar-refractivity contribution in [2.45, 2.75) is 12.8 Å². The van der Waals surface area contributed by atoms with Crippen molar-refractivity contribution in [2.24, 2.45) is 0 Å². The molecular formula is C19H16ClN3O3. The second-order valence-electron chi connectivity index (χ2n) is 5.79. The summed E-state index contributed by atoms with van der Waals surface area (Å²) in [5.41, 5.74) is 1.65. The van der Waals surface area contributed by atoms with Gasteiger partial charge < -0.3 is 15.0 Å². The summed E-state index contributed by atoms with van der Waals surface area (Å²) < 4.78 is 5.40. The van der Waals surface area contributed by atoms with Crippen LogP contribution in [0.3, 0.4) is 0 Å². The van der Waals surface area contributed by atoms with E-state index in [9.17, 15) is 9.59 Å². The van der Waals surface area contributed by atoms with Gasteiger partial charge in [-0.3, -0.25) is 9.59 Å². The number of halogens is 1. The van der Waals surface area contributed by atoms with Crippen LogP contribution in [-0.2, 0) is 9.59 Å². The standard InChI is InChI=1S/C19H16ClN3O3/c20-16-8-5-14(23-9-1-2-19(23)25)10-17(16)22-18(24)12-26-15-6-3-13(11-21)4-7-15/h3-8,10H,1-2,9,12H2,(H,22,24). The molecule has 0 aliphatic carbocycles. The van der Waals surface area contributed by atoms with Crippen molar-refractivity contribution in [1.82, 2.24) is 0 Å². The molecule has 0 radical (unpaired) electrons. The topological polar surface area (TPSA) is 82.4 Å². The summed E-state index contributed by atoms with van der Waals surface area (Å²) in [6, 6.07) is 13.6. The monoisotopic (exact) mass is 369 g/mol. The SMILES string of the molecule is N#Cc1ccc(OCC(=O)Nc2cc(N3CCCC3=O)ccc2Cl)cc1. The fourth-order valence-corrected chi connectivity index (χ4v) is 2.82. The molecule has 0 spiro atoms. The number of carbonyl (C=O) groups is 2. The van der Waals surface area contributed by atoms with E-state index in [1.165, 1.54) is 0 Å². The molecule has 1 N–H and O–H groups in total. The maximum atomic E-state index is 12.1. The van der Waals surface area contributed by atoms with Crippen LogP contribution < -0.4 is 15.0 Å². The van der Waals surface area contributed by atoms with Gasteiger partial charge in [0.05, 0.1) is 22.3 Å². The van der Waals surface area contributed by atoms with E-state index in [-0.39, 0.29) is 18.4 Å². The first kappa shape index (κ1) is 17.8. The molecule has 0 saturated carbocycles. The number of ether oxygens (including phenoxy) is 1. The van der Waals surface area contributed by atoms with Gasteiger partial charge in [-0.05, 0) is 48.9 Å². The van der Waals surface area contributed by atoms with E-state index in [1.54, 1.807) is 47.4 Å². The molecule has 2 amide bonds. The highest BCUT2D eigenvalue weighted by Crippen LogP contribution is 2.30. The number of rotatable bonds is 5. The Bertz CT molecular complexity index is 875. The molecule has 1 fully saturated rings. The van der Waals surface area contributed by atoms with Gasteiger partial charge in [-0.25, -0.2) is 0 Å². The lowest BCUT2D eigenvalue weighted by Gasteiger charge is -2.17. The maximum absolute atomic E-state index is 12.1. The van der Waals surface area contributed by atoms with Gasteiger partial charge in [0.15, 0.2) is 6.61 Å². The lowest BCUT2D eigenvalue weighted by Crippen LogP contribution is -2.24. The lowest BCUT2D eigenvalue weighted by molar-refractivity contribution is -0.118. The number of amides is 2. The Labute approximate surface area is 155 Å². The Balaban J connectivity index is 1.63. The summed E-state index contributed by atoms with van der Waals surface area (Å²) >= 11 is 6.14. The van der Waals surface area contributed by atoms with E-state index >= 15 is 0 Å². The van der Waals surface area contributed by atoms with Gasteiger partial charge in [-0.2, -0.15) is 5.26 Å². The highest BCUT2D eigenvalue weighted by Gasteiger charge is 2.22. The lowest BCUT2D eigenvalue weighted by atomic mass is 10.2. The smallest absolute Gasteiger partial charge is 0.262 e. The molecule has 6 nitrogen and oxygen atoms in total. The molecular weight excluding hydrogens is 354 g/mol. The Morgan fingerprint density at radius 1 is 1.27 bits per heavy atom. The molecule has 7 heteroatoms. The number of nitrogens with zero attached hydrogens (tertiary/aromatic N) is 2. The summed E-state index contributed by atoms with van der Waals surface area (Å²) in [4.78, 5) is 25.7. The van der Waals surface area contributed by atoms with Crippen LogP contribution in [0, 0.1) is 11.3 Å². The third-order valence-electron chi connectivity index (χ3n) is 3.96. The Morgan fingerprint density at radius 3 is 2.69 bits per heavy atom. The van der Waals surface area contributed by atoms with E-state index in [1.807, 2.05) is 6.07 Å². The van der Waals surface area contributed by atoms with Crippen LogP contribution in [-0.4, -0.2) is 25.0 Å². The van der Waals surface area contributed by atoms with Crippen molar-refractivity contribution in [2.75, 3.05) is 23.4 Å². The fraction of sp³-hybridized carbons (Fsp3) is 0.211. The van der Waals surface area contributed by atoms with E-state index < -0.39 is 0 Å². The molecule has 132 valence electrons. The molecule has 0 unspecified atom stereocenters. The minimum atomic E-state index is -0.374. The van der Waals surface area contributed by atoms with Gasteiger partial charge in [0.2, 0.25) is 5.91 Å². The largest absolute Gasteiger partial charge is 0.484 e. The van der Waals surface area contributed by atoms with E-state index in [4.69, 9.17) is 21.6 Å². The number of hydrogen-bond donors (Lipinski definition) is 1. The predicted molar refractivity (Wildman–Crippen MR) is 98.3 cm³/mol. The van der Waals surface area contributed by atoms with Gasteiger partial charge in [0.25, 0.3) is 5.91 Å². The molecule has 1 aliphatic rings. The number of carbonyl (C=O) groups excluding carboxylic acids is 2. The third-order valence-corrected chi connectivity index (χ3v) is 4.29. The quantitative estimate of drug-likeness (QED) is 0.876. The third kappa shape index (κ3) is 4.13. The summed E-state index contributed by atoms with van der Waals surface area (Å²) in [7, 11) is 0. The van der Waals surface area contributed by atoms with Gasteiger partial charge in [0.1, 0.15) is 5.75 Å². The first-order valence-corrected chi connectivity index (χ1v) is 8.47. The molecule has 3 rings (SSSR count). The summed E-state index contributed by atoms with van der Waals surface area (Å²) in [5.74, 6) is 0.177. The minimum absolute atomic E-state index is 0.0637. The molecule has 0 aromatic heterocycles. The zero-order valence-electron chi connectivity index (χ0n) is 13.9. The summed E-state index contributed by atoms with van der Waals surface area (Å²) in [6.45, 7) is 0.463. The number of hydrogen-bond acceptors (Lipinski definition) is 4. The molecule has 26 heavy (non-hydrogen) atoms. The molecule has 1 saturated heterocycles. The first-order chi connectivity index (χ1) is 12.6. The van der Waals surface area contributed by atoms with Gasteiger partial charge >= 0.3 is 0 Å². The van der Waals surface area contributed by atoms with Crippen molar-refractivity contribution >= 4 is 34.8 Å². The molecule has 0 bridgehead atoms. The van der Waals surface area contributed by atoms with Crippen molar-refractivity contribution in [1.29, 1.82) is 5.26 Å². The van der Waals surface area contributed by atoms with Crippen molar-refractivity contribution in [3.63, 3.8) is 0 Å². The molecule has 2 aromatic rings. The minimum Gasteiger partial charge on any atom is -0.484 e. The van der Waals surface area contributed by atoms with Crippen LogP contribution in [0.4, 0.5) is 11.4 Å². The number of nitrogens with one attached hydrogen (secondary N) is 1. The van der Waals surface area contributed by atoms with E-state index in [0.29, 0.717) is 40.7 Å². The second kappa shape index (κ2) is 7.89. The number of anilines is 2. The Kier molecular flexibility index (Phi) is 5.40. The molecule has 2 aromatic carbocycles. The van der Waals surface area contributed by atoms with Crippen LogP contribution in [0.25, 0.3) is 0 Å². The second-order valence-corrected chi connectivity index (χ2v) is 6.19.